The van der Waals surface area contributed by atoms with Gasteiger partial charge in [-0.15, -0.1) is 0 Å². The van der Waals surface area contributed by atoms with E-state index in [0.29, 0.717) is 6.42 Å². The Labute approximate surface area is 155 Å². The Morgan fingerprint density at radius 1 is 1.15 bits per heavy atom. The topological polar surface area (TPSA) is 91.7 Å². The lowest BCUT2D eigenvalue weighted by atomic mass is 9.81. The Bertz CT molecular complexity index is 687. The monoisotopic (exact) mass is 362 g/mol. The fraction of sp³-hybridized carbons (Fsp3) is 0.571. The maximum atomic E-state index is 12.9. The molecule has 0 aromatic carbocycles. The predicted molar refractivity (Wildman–Crippen MR) is 101 cm³/mol. The molecule has 5 nitrogen and oxygen atoms in total. The second-order valence-corrected chi connectivity index (χ2v) is 7.51. The summed E-state index contributed by atoms with van der Waals surface area (Å²) in [6.07, 6.45) is 3.81. The fourth-order valence-electron chi connectivity index (χ4n) is 2.92. The molecule has 0 heterocycles. The second kappa shape index (κ2) is 8.58. The van der Waals surface area contributed by atoms with E-state index in [1.807, 2.05) is 27.7 Å². The minimum atomic E-state index is -2.35. The molecule has 2 unspecified atom stereocenters. The van der Waals surface area contributed by atoms with Gasteiger partial charge in [-0.05, 0) is 40.5 Å². The number of ketones is 3. The molecule has 0 saturated heterocycles. The van der Waals surface area contributed by atoms with Crippen LogP contribution in [-0.4, -0.2) is 33.2 Å². The van der Waals surface area contributed by atoms with Gasteiger partial charge in [-0.2, -0.15) is 0 Å². The van der Waals surface area contributed by atoms with Crippen LogP contribution in [-0.2, 0) is 14.4 Å². The van der Waals surface area contributed by atoms with Crippen molar-refractivity contribution in [3.63, 3.8) is 0 Å². The Morgan fingerprint density at radius 3 is 2.15 bits per heavy atom. The summed E-state index contributed by atoms with van der Waals surface area (Å²) < 4.78 is 0. The van der Waals surface area contributed by atoms with Crippen molar-refractivity contribution in [2.24, 2.45) is 11.8 Å². The molecule has 1 aliphatic carbocycles. The van der Waals surface area contributed by atoms with Gasteiger partial charge >= 0.3 is 0 Å². The van der Waals surface area contributed by atoms with Crippen LogP contribution >= 0.6 is 0 Å². The number of carbonyl (C=O) groups is 3. The summed E-state index contributed by atoms with van der Waals surface area (Å²) in [5, 5.41) is 21.7. The van der Waals surface area contributed by atoms with Crippen LogP contribution in [0.5, 0.6) is 0 Å². The summed E-state index contributed by atoms with van der Waals surface area (Å²) in [6.45, 7) is 10.7. The molecule has 0 bridgehead atoms. The highest BCUT2D eigenvalue weighted by Crippen LogP contribution is 2.42. The van der Waals surface area contributed by atoms with Gasteiger partial charge in [-0.3, -0.25) is 14.4 Å². The van der Waals surface area contributed by atoms with Gasteiger partial charge in [0.15, 0.2) is 23.0 Å². The number of hydrogen-bond acceptors (Lipinski definition) is 5. The zero-order valence-electron chi connectivity index (χ0n) is 16.5. The number of aliphatic hydroxyl groups excluding tert-OH is 1. The Morgan fingerprint density at radius 2 is 1.69 bits per heavy atom. The first-order valence-corrected chi connectivity index (χ1v) is 9.02. The molecule has 0 aromatic rings. The number of Topliss-reactive ketones (excluding diaryl/α,β-unsaturated/α-hetero) is 3. The lowest BCUT2D eigenvalue weighted by Crippen LogP contribution is -2.46. The van der Waals surface area contributed by atoms with Crippen molar-refractivity contribution in [2.45, 2.75) is 66.4 Å². The van der Waals surface area contributed by atoms with Crippen molar-refractivity contribution in [1.29, 1.82) is 0 Å². The van der Waals surface area contributed by atoms with Gasteiger partial charge in [0.25, 0.3) is 0 Å². The number of carbonyl (C=O) groups excluding carboxylic acids is 3. The summed E-state index contributed by atoms with van der Waals surface area (Å²) in [5.74, 6) is -4.30. The van der Waals surface area contributed by atoms with E-state index in [1.54, 1.807) is 26.0 Å². The van der Waals surface area contributed by atoms with Crippen molar-refractivity contribution in [2.75, 3.05) is 0 Å². The van der Waals surface area contributed by atoms with Crippen LogP contribution in [0.1, 0.15) is 60.8 Å². The van der Waals surface area contributed by atoms with Gasteiger partial charge in [0, 0.05) is 12.3 Å². The molecule has 26 heavy (non-hydrogen) atoms. The first-order chi connectivity index (χ1) is 12.0. The lowest BCUT2D eigenvalue weighted by molar-refractivity contribution is -0.144. The summed E-state index contributed by atoms with van der Waals surface area (Å²) in [6, 6.07) is 0. The summed E-state index contributed by atoms with van der Waals surface area (Å²) in [5.41, 5.74) is -0.975. The molecule has 3 atom stereocenters. The number of hydrogen-bond donors (Lipinski definition) is 2. The van der Waals surface area contributed by atoms with Crippen LogP contribution in [0.3, 0.4) is 0 Å². The highest BCUT2D eigenvalue weighted by Gasteiger charge is 2.58. The second-order valence-electron chi connectivity index (χ2n) is 7.51. The van der Waals surface area contributed by atoms with E-state index in [1.165, 1.54) is 0 Å². The first kappa shape index (κ1) is 22.0. The molecule has 1 aliphatic rings. The van der Waals surface area contributed by atoms with Crippen molar-refractivity contribution >= 4 is 17.3 Å². The number of allylic oxidation sites excluding steroid dienone is 5. The Kier molecular flexibility index (Phi) is 7.27. The minimum absolute atomic E-state index is 0.0829. The van der Waals surface area contributed by atoms with Crippen LogP contribution in [0.4, 0.5) is 0 Å². The van der Waals surface area contributed by atoms with Crippen LogP contribution in [0.2, 0.25) is 0 Å². The van der Waals surface area contributed by atoms with Crippen LogP contribution in [0.25, 0.3) is 0 Å². The van der Waals surface area contributed by atoms with Crippen molar-refractivity contribution in [3.05, 3.63) is 34.6 Å². The third kappa shape index (κ3) is 4.21. The fourth-order valence-corrected chi connectivity index (χ4v) is 2.92. The number of aliphatic hydroxyl groups is 2. The molecule has 5 heteroatoms. The highest BCUT2D eigenvalue weighted by atomic mass is 16.3. The van der Waals surface area contributed by atoms with Gasteiger partial charge in [0.2, 0.25) is 0 Å². The normalized spacial score (nSPS) is 23.7. The van der Waals surface area contributed by atoms with Crippen LogP contribution in [0.15, 0.2) is 34.6 Å². The molecular formula is C21H30O5. The van der Waals surface area contributed by atoms with Gasteiger partial charge in [0.1, 0.15) is 11.3 Å². The predicted octanol–water partition coefficient (Wildman–Crippen LogP) is 3.63. The molecule has 2 N–H and O–H groups in total. The van der Waals surface area contributed by atoms with Gasteiger partial charge < -0.3 is 10.2 Å². The average Bonchev–Trinajstić information content (AvgIpc) is 2.76. The van der Waals surface area contributed by atoms with Crippen molar-refractivity contribution < 1.29 is 24.6 Å². The van der Waals surface area contributed by atoms with Gasteiger partial charge in [-0.25, -0.2) is 0 Å². The summed E-state index contributed by atoms with van der Waals surface area (Å²) >= 11 is 0. The molecule has 0 amide bonds. The van der Waals surface area contributed by atoms with E-state index >= 15 is 0 Å². The summed E-state index contributed by atoms with van der Waals surface area (Å²) in [4.78, 5) is 38.1. The van der Waals surface area contributed by atoms with Gasteiger partial charge in [-0.1, -0.05) is 37.1 Å². The molecule has 0 fully saturated rings. The zero-order valence-corrected chi connectivity index (χ0v) is 16.5. The minimum Gasteiger partial charge on any atom is -0.508 e. The zero-order chi connectivity index (χ0) is 20.2. The van der Waals surface area contributed by atoms with Crippen LogP contribution < -0.4 is 0 Å². The summed E-state index contributed by atoms with van der Waals surface area (Å²) in [7, 11) is 0. The van der Waals surface area contributed by atoms with E-state index in [0.717, 1.165) is 11.1 Å². The van der Waals surface area contributed by atoms with E-state index in [9.17, 15) is 24.6 Å². The Balaban J connectivity index is 3.45. The van der Waals surface area contributed by atoms with E-state index < -0.39 is 46.1 Å². The van der Waals surface area contributed by atoms with E-state index in [4.69, 9.17) is 0 Å². The van der Waals surface area contributed by atoms with Gasteiger partial charge in [0.05, 0.1) is 5.92 Å². The molecular weight excluding hydrogens is 332 g/mol. The van der Waals surface area contributed by atoms with Crippen molar-refractivity contribution in [1.82, 2.24) is 0 Å². The molecule has 0 radical (unpaired) electrons. The number of rotatable bonds is 8. The average molecular weight is 362 g/mol. The molecule has 0 spiro atoms. The molecule has 0 saturated carbocycles. The SMILES string of the molecule is CCC(C)C(=O)C1=C(O)C(O)(C(=O)CC=C(C)C)[C@H](CC=C(C)C)C1=O. The maximum Gasteiger partial charge on any atom is 0.191 e. The Hall–Kier alpha value is -2.01. The van der Waals surface area contributed by atoms with Crippen LogP contribution in [0, 0.1) is 11.8 Å². The largest absolute Gasteiger partial charge is 0.508 e. The smallest absolute Gasteiger partial charge is 0.191 e. The molecule has 144 valence electrons. The lowest BCUT2D eigenvalue weighted by Gasteiger charge is -2.27. The van der Waals surface area contributed by atoms with E-state index in [-0.39, 0.29) is 12.8 Å². The third-order valence-corrected chi connectivity index (χ3v) is 4.85. The molecule has 0 aromatic heterocycles. The maximum absolute atomic E-state index is 12.9. The highest BCUT2D eigenvalue weighted by molar-refractivity contribution is 6.26. The quantitative estimate of drug-likeness (QED) is 0.508. The van der Waals surface area contributed by atoms with Crippen molar-refractivity contribution in [3.8, 4) is 0 Å². The molecule has 0 aliphatic heterocycles. The molecule has 1 rings (SSSR count). The standard InChI is InChI=1S/C21H30O5/c1-7-14(6)18(23)17-19(24)15(10-8-12(2)3)21(26,20(17)25)16(22)11-9-13(4)5/h8-9,14-15,25-26H,7,10-11H2,1-6H3/t14?,15-,21?/m1/s1. The first-order valence-electron chi connectivity index (χ1n) is 9.02. The third-order valence-electron chi connectivity index (χ3n) is 4.85. The van der Waals surface area contributed by atoms with E-state index in [2.05, 4.69) is 0 Å².